The van der Waals surface area contributed by atoms with Gasteiger partial charge in [0, 0.05) is 25.4 Å². The largest absolute Gasteiger partial charge is 0.459 e. The fourth-order valence-electron chi connectivity index (χ4n) is 1.93. The van der Waals surface area contributed by atoms with Gasteiger partial charge in [0.2, 0.25) is 11.7 Å². The van der Waals surface area contributed by atoms with Crippen LogP contribution in [0.1, 0.15) is 23.9 Å². The van der Waals surface area contributed by atoms with Gasteiger partial charge in [-0.3, -0.25) is 4.79 Å². The van der Waals surface area contributed by atoms with Crippen LogP contribution in [0.25, 0.3) is 0 Å². The summed E-state index contributed by atoms with van der Waals surface area (Å²) in [5.74, 6) is -0.0491. The van der Waals surface area contributed by atoms with Crippen LogP contribution in [0.3, 0.4) is 0 Å². The molecule has 1 fully saturated rings. The number of furan rings is 1. The predicted octanol–water partition coefficient (Wildman–Crippen LogP) is 1.30. The van der Waals surface area contributed by atoms with Gasteiger partial charge >= 0.3 is 5.97 Å². The van der Waals surface area contributed by atoms with Crippen LogP contribution in [0, 0.1) is 5.92 Å². The van der Waals surface area contributed by atoms with Gasteiger partial charge in [-0.15, -0.1) is 0 Å². The molecule has 0 radical (unpaired) electrons. The van der Waals surface area contributed by atoms with Crippen molar-refractivity contribution < 1.29 is 18.7 Å². The summed E-state index contributed by atoms with van der Waals surface area (Å²) in [6.07, 6.45) is 1.88. The number of amides is 1. The Labute approximate surface area is 99.3 Å². The summed E-state index contributed by atoms with van der Waals surface area (Å²) in [7, 11) is 0. The normalized spacial score (nSPS) is 19.7. The minimum atomic E-state index is -0.475. The molecule has 2 rings (SSSR count). The quantitative estimate of drug-likeness (QED) is 0.741. The van der Waals surface area contributed by atoms with Gasteiger partial charge in [-0.05, 0) is 19.1 Å². The van der Waals surface area contributed by atoms with E-state index >= 15 is 0 Å². The number of rotatable bonds is 4. The molecule has 1 aromatic heterocycles. The molecule has 1 amide bonds. The summed E-state index contributed by atoms with van der Waals surface area (Å²) in [5, 5.41) is 0. The zero-order chi connectivity index (χ0) is 12.3. The lowest BCUT2D eigenvalue weighted by molar-refractivity contribution is -0.127. The van der Waals surface area contributed by atoms with Crippen molar-refractivity contribution in [2.24, 2.45) is 5.92 Å². The maximum Gasteiger partial charge on any atom is 0.374 e. The highest BCUT2D eigenvalue weighted by Crippen LogP contribution is 2.18. The van der Waals surface area contributed by atoms with Crippen LogP contribution >= 0.6 is 0 Å². The standard InChI is InChI=1S/C12H15NO4/c1-2-13-7-9(6-11(13)14)8-17-12(15)10-4-3-5-16-10/h3-5,9H,2,6-8H2,1H3/t9-/m0/s1. The van der Waals surface area contributed by atoms with Gasteiger partial charge in [0.25, 0.3) is 0 Å². The lowest BCUT2D eigenvalue weighted by Gasteiger charge is -2.13. The Kier molecular flexibility index (Phi) is 3.46. The zero-order valence-corrected chi connectivity index (χ0v) is 9.72. The molecule has 0 saturated carbocycles. The molecule has 1 aromatic rings. The van der Waals surface area contributed by atoms with Crippen molar-refractivity contribution in [3.63, 3.8) is 0 Å². The summed E-state index contributed by atoms with van der Waals surface area (Å²) < 4.78 is 10.0. The van der Waals surface area contributed by atoms with Crippen molar-refractivity contribution >= 4 is 11.9 Å². The van der Waals surface area contributed by atoms with Crippen molar-refractivity contribution in [2.45, 2.75) is 13.3 Å². The van der Waals surface area contributed by atoms with Crippen molar-refractivity contribution in [3.05, 3.63) is 24.2 Å². The Balaban J connectivity index is 1.80. The van der Waals surface area contributed by atoms with E-state index in [0.29, 0.717) is 19.5 Å². The number of hydrogen-bond donors (Lipinski definition) is 0. The first-order valence-corrected chi connectivity index (χ1v) is 5.69. The Morgan fingerprint density at radius 3 is 3.06 bits per heavy atom. The molecular weight excluding hydrogens is 222 g/mol. The zero-order valence-electron chi connectivity index (χ0n) is 9.72. The van der Waals surface area contributed by atoms with Gasteiger partial charge < -0.3 is 14.1 Å². The highest BCUT2D eigenvalue weighted by atomic mass is 16.5. The van der Waals surface area contributed by atoms with Crippen molar-refractivity contribution in [2.75, 3.05) is 19.7 Å². The molecule has 0 spiro atoms. The highest BCUT2D eigenvalue weighted by molar-refractivity contribution is 5.86. The molecule has 5 heteroatoms. The van der Waals surface area contributed by atoms with Crippen LogP contribution in [-0.4, -0.2) is 36.5 Å². The Morgan fingerprint density at radius 1 is 1.65 bits per heavy atom. The third-order valence-electron chi connectivity index (χ3n) is 2.85. The Hall–Kier alpha value is -1.78. The molecular formula is C12H15NO4. The number of hydrogen-bond acceptors (Lipinski definition) is 4. The Bertz CT molecular complexity index is 399. The van der Waals surface area contributed by atoms with E-state index in [1.807, 2.05) is 6.92 Å². The van der Waals surface area contributed by atoms with Crippen LogP contribution in [0.15, 0.2) is 22.8 Å². The molecule has 5 nitrogen and oxygen atoms in total. The lowest BCUT2D eigenvalue weighted by atomic mass is 10.1. The first kappa shape index (κ1) is 11.7. The molecule has 1 aliphatic rings. The van der Waals surface area contributed by atoms with Crippen molar-refractivity contribution in [1.82, 2.24) is 4.90 Å². The van der Waals surface area contributed by atoms with E-state index in [9.17, 15) is 9.59 Å². The van der Waals surface area contributed by atoms with Crippen LogP contribution in [-0.2, 0) is 9.53 Å². The van der Waals surface area contributed by atoms with Gasteiger partial charge in [-0.2, -0.15) is 0 Å². The molecule has 0 N–H and O–H groups in total. The van der Waals surface area contributed by atoms with E-state index in [0.717, 1.165) is 0 Å². The molecule has 2 heterocycles. The maximum atomic E-state index is 11.5. The third kappa shape index (κ3) is 2.67. The fourth-order valence-corrected chi connectivity index (χ4v) is 1.93. The van der Waals surface area contributed by atoms with Gasteiger partial charge in [0.05, 0.1) is 12.9 Å². The smallest absolute Gasteiger partial charge is 0.374 e. The van der Waals surface area contributed by atoms with E-state index < -0.39 is 5.97 Å². The number of esters is 1. The molecule has 17 heavy (non-hydrogen) atoms. The molecule has 1 atom stereocenters. The van der Waals surface area contributed by atoms with Gasteiger partial charge in [-0.1, -0.05) is 0 Å². The summed E-state index contributed by atoms with van der Waals surface area (Å²) in [4.78, 5) is 24.7. The van der Waals surface area contributed by atoms with Crippen LogP contribution in [0.4, 0.5) is 0 Å². The predicted molar refractivity (Wildman–Crippen MR) is 59.4 cm³/mol. The van der Waals surface area contributed by atoms with Gasteiger partial charge in [0.15, 0.2) is 0 Å². The average molecular weight is 237 g/mol. The van der Waals surface area contributed by atoms with E-state index in [1.54, 1.807) is 17.0 Å². The molecule has 0 aliphatic carbocycles. The monoisotopic (exact) mass is 237 g/mol. The van der Waals surface area contributed by atoms with Crippen LogP contribution < -0.4 is 0 Å². The highest BCUT2D eigenvalue weighted by Gasteiger charge is 2.29. The van der Waals surface area contributed by atoms with Crippen molar-refractivity contribution in [1.29, 1.82) is 0 Å². The second-order valence-electron chi connectivity index (χ2n) is 4.08. The first-order valence-electron chi connectivity index (χ1n) is 5.69. The molecule has 92 valence electrons. The molecule has 0 aromatic carbocycles. The molecule has 1 aliphatic heterocycles. The summed E-state index contributed by atoms with van der Waals surface area (Å²) in [6, 6.07) is 3.19. The fraction of sp³-hybridized carbons (Fsp3) is 0.500. The maximum absolute atomic E-state index is 11.5. The van der Waals surface area contributed by atoms with E-state index in [4.69, 9.17) is 9.15 Å². The van der Waals surface area contributed by atoms with Gasteiger partial charge in [0.1, 0.15) is 0 Å². The van der Waals surface area contributed by atoms with Crippen molar-refractivity contribution in [3.8, 4) is 0 Å². The van der Waals surface area contributed by atoms with Crippen LogP contribution in [0.2, 0.25) is 0 Å². The second kappa shape index (κ2) is 5.03. The van der Waals surface area contributed by atoms with E-state index in [2.05, 4.69) is 0 Å². The number of nitrogens with zero attached hydrogens (tertiary/aromatic N) is 1. The summed E-state index contributed by atoms with van der Waals surface area (Å²) in [6.45, 7) is 3.58. The summed E-state index contributed by atoms with van der Waals surface area (Å²) >= 11 is 0. The van der Waals surface area contributed by atoms with Gasteiger partial charge in [-0.25, -0.2) is 4.79 Å². The number of ether oxygens (including phenoxy) is 1. The van der Waals surface area contributed by atoms with E-state index in [1.165, 1.54) is 6.26 Å². The Morgan fingerprint density at radius 2 is 2.47 bits per heavy atom. The second-order valence-corrected chi connectivity index (χ2v) is 4.08. The minimum Gasteiger partial charge on any atom is -0.459 e. The molecule has 1 saturated heterocycles. The summed E-state index contributed by atoms with van der Waals surface area (Å²) in [5.41, 5.74) is 0. The minimum absolute atomic E-state index is 0.0985. The van der Waals surface area contributed by atoms with E-state index in [-0.39, 0.29) is 24.2 Å². The lowest BCUT2D eigenvalue weighted by Crippen LogP contribution is -2.25. The molecule has 0 unspecified atom stereocenters. The number of carbonyl (C=O) groups is 2. The van der Waals surface area contributed by atoms with Crippen LogP contribution in [0.5, 0.6) is 0 Å². The number of carbonyl (C=O) groups excluding carboxylic acids is 2. The third-order valence-corrected chi connectivity index (χ3v) is 2.85. The average Bonchev–Trinajstić information content (AvgIpc) is 2.95. The SMILES string of the molecule is CCN1C[C@@H](COC(=O)c2ccco2)CC1=O. The number of likely N-dealkylation sites (tertiary alicyclic amines) is 1. The topological polar surface area (TPSA) is 59.8 Å². The molecule has 0 bridgehead atoms. The first-order chi connectivity index (χ1) is 8.20.